The van der Waals surface area contributed by atoms with Crippen LogP contribution < -0.4 is 5.32 Å². The standard InChI is InChI=1S/C14H22FNO2S/c1-9-7-11(8-10(2)12(9)15)13(16-5)14(3,4)19(6,17)18/h7-8,13,16H,1-6H3. The summed E-state index contributed by atoms with van der Waals surface area (Å²) in [6.07, 6.45) is 1.22. The minimum Gasteiger partial charge on any atom is -0.312 e. The lowest BCUT2D eigenvalue weighted by atomic mass is 9.92. The number of aryl methyl sites for hydroxylation is 2. The quantitative estimate of drug-likeness (QED) is 0.925. The molecule has 0 radical (unpaired) electrons. The molecule has 0 bridgehead atoms. The average molecular weight is 287 g/mol. The van der Waals surface area contributed by atoms with Gasteiger partial charge in [0.2, 0.25) is 0 Å². The lowest BCUT2D eigenvalue weighted by molar-refractivity contribution is 0.445. The van der Waals surface area contributed by atoms with E-state index in [9.17, 15) is 12.8 Å². The molecule has 1 rings (SSSR count). The molecule has 5 heteroatoms. The Kier molecular flexibility index (Phi) is 4.42. The van der Waals surface area contributed by atoms with E-state index in [0.29, 0.717) is 11.1 Å². The molecule has 0 fully saturated rings. The highest BCUT2D eigenvalue weighted by molar-refractivity contribution is 7.92. The van der Waals surface area contributed by atoms with Gasteiger partial charge in [0.05, 0.1) is 10.8 Å². The summed E-state index contributed by atoms with van der Waals surface area (Å²) >= 11 is 0. The summed E-state index contributed by atoms with van der Waals surface area (Å²) in [4.78, 5) is 0. The highest BCUT2D eigenvalue weighted by Gasteiger charge is 2.39. The van der Waals surface area contributed by atoms with Crippen molar-refractivity contribution in [2.75, 3.05) is 13.3 Å². The first-order valence-corrected chi connectivity index (χ1v) is 8.05. The summed E-state index contributed by atoms with van der Waals surface area (Å²) in [6.45, 7) is 6.73. The second-order valence-corrected chi connectivity index (χ2v) is 8.16. The Hall–Kier alpha value is -0.940. The van der Waals surface area contributed by atoms with E-state index in [1.54, 1.807) is 46.9 Å². The summed E-state index contributed by atoms with van der Waals surface area (Å²) in [5.74, 6) is -0.240. The van der Waals surface area contributed by atoms with E-state index in [1.165, 1.54) is 6.26 Å². The second-order valence-electron chi connectivity index (χ2n) is 5.57. The van der Waals surface area contributed by atoms with Gasteiger partial charge in [-0.2, -0.15) is 0 Å². The van der Waals surface area contributed by atoms with Crippen LogP contribution in [-0.2, 0) is 9.84 Å². The number of hydrogen-bond acceptors (Lipinski definition) is 3. The van der Waals surface area contributed by atoms with Gasteiger partial charge in [-0.25, -0.2) is 12.8 Å². The van der Waals surface area contributed by atoms with Gasteiger partial charge >= 0.3 is 0 Å². The lowest BCUT2D eigenvalue weighted by Crippen LogP contribution is -2.43. The van der Waals surface area contributed by atoms with Gasteiger partial charge in [0, 0.05) is 6.26 Å². The molecule has 0 heterocycles. The normalized spacial score (nSPS) is 14.5. The summed E-state index contributed by atoms with van der Waals surface area (Å²) in [5.41, 5.74) is 1.84. The zero-order valence-corrected chi connectivity index (χ0v) is 13.2. The predicted molar refractivity (Wildman–Crippen MR) is 76.6 cm³/mol. The molecule has 0 amide bonds. The third-order valence-corrected chi connectivity index (χ3v) is 5.88. The van der Waals surface area contributed by atoms with Crippen LogP contribution in [0.2, 0.25) is 0 Å². The maximum Gasteiger partial charge on any atom is 0.154 e. The van der Waals surface area contributed by atoms with Crippen LogP contribution in [0.5, 0.6) is 0 Å². The molecule has 0 saturated carbocycles. The maximum absolute atomic E-state index is 13.7. The molecular weight excluding hydrogens is 265 g/mol. The molecule has 0 aliphatic carbocycles. The van der Waals surface area contributed by atoms with E-state index in [2.05, 4.69) is 5.32 Å². The van der Waals surface area contributed by atoms with E-state index >= 15 is 0 Å². The van der Waals surface area contributed by atoms with Crippen molar-refractivity contribution in [3.05, 3.63) is 34.6 Å². The van der Waals surface area contributed by atoms with Crippen molar-refractivity contribution in [3.63, 3.8) is 0 Å². The molecule has 1 aromatic rings. The molecule has 1 atom stereocenters. The number of rotatable bonds is 4. The minimum absolute atomic E-state index is 0.240. The number of halogens is 1. The third-order valence-electron chi connectivity index (χ3n) is 3.73. The zero-order chi connectivity index (χ0) is 15.0. The van der Waals surface area contributed by atoms with Crippen molar-refractivity contribution in [2.24, 2.45) is 0 Å². The third kappa shape index (κ3) is 2.98. The zero-order valence-electron chi connectivity index (χ0n) is 12.3. The van der Waals surface area contributed by atoms with Gasteiger partial charge in [-0.3, -0.25) is 0 Å². The van der Waals surface area contributed by atoms with Crippen molar-refractivity contribution in [1.29, 1.82) is 0 Å². The molecule has 1 unspecified atom stereocenters. The van der Waals surface area contributed by atoms with Crippen LogP contribution in [0.4, 0.5) is 4.39 Å². The van der Waals surface area contributed by atoms with Gasteiger partial charge in [0.25, 0.3) is 0 Å². The van der Waals surface area contributed by atoms with Crippen LogP contribution >= 0.6 is 0 Å². The Bertz CT molecular complexity index is 556. The fourth-order valence-corrected chi connectivity index (χ4v) is 2.96. The van der Waals surface area contributed by atoms with Gasteiger partial charge in [-0.05, 0) is 51.4 Å². The SMILES string of the molecule is CNC(c1cc(C)c(F)c(C)c1)C(C)(C)S(C)(=O)=O. The summed E-state index contributed by atoms with van der Waals surface area (Å²) in [7, 11) is -1.54. The Labute approximate surface area is 115 Å². The Morgan fingerprint density at radius 3 is 1.95 bits per heavy atom. The topological polar surface area (TPSA) is 46.2 Å². The van der Waals surface area contributed by atoms with Gasteiger partial charge < -0.3 is 5.32 Å². The second kappa shape index (κ2) is 5.21. The van der Waals surface area contributed by atoms with Crippen molar-refractivity contribution in [2.45, 2.75) is 38.5 Å². The summed E-state index contributed by atoms with van der Waals surface area (Å²) in [6, 6.07) is 3.02. The first kappa shape index (κ1) is 16.1. The monoisotopic (exact) mass is 287 g/mol. The number of hydrogen-bond donors (Lipinski definition) is 1. The highest BCUT2D eigenvalue weighted by Crippen LogP contribution is 2.33. The fourth-order valence-electron chi connectivity index (χ4n) is 2.28. The van der Waals surface area contributed by atoms with Gasteiger partial charge in [0.15, 0.2) is 9.84 Å². The van der Waals surface area contributed by atoms with E-state index in [4.69, 9.17) is 0 Å². The van der Waals surface area contributed by atoms with Gasteiger partial charge in [-0.1, -0.05) is 12.1 Å². The fraction of sp³-hybridized carbons (Fsp3) is 0.571. The van der Waals surface area contributed by atoms with Crippen LogP contribution in [0.15, 0.2) is 12.1 Å². The average Bonchev–Trinajstić information content (AvgIpc) is 2.24. The van der Waals surface area contributed by atoms with Crippen molar-refractivity contribution >= 4 is 9.84 Å². The van der Waals surface area contributed by atoms with E-state index in [0.717, 1.165) is 5.56 Å². The molecule has 0 aliphatic heterocycles. The number of benzene rings is 1. The van der Waals surface area contributed by atoms with Gasteiger partial charge in [-0.15, -0.1) is 0 Å². The van der Waals surface area contributed by atoms with Crippen molar-refractivity contribution < 1.29 is 12.8 Å². The van der Waals surface area contributed by atoms with E-state index < -0.39 is 14.6 Å². The Morgan fingerprint density at radius 1 is 1.21 bits per heavy atom. The molecule has 0 spiro atoms. The van der Waals surface area contributed by atoms with Gasteiger partial charge in [0.1, 0.15) is 5.82 Å². The van der Waals surface area contributed by atoms with E-state index in [-0.39, 0.29) is 11.9 Å². The van der Waals surface area contributed by atoms with E-state index in [1.807, 2.05) is 0 Å². The Balaban J connectivity index is 3.41. The van der Waals surface area contributed by atoms with Crippen LogP contribution in [0.1, 0.15) is 36.6 Å². The van der Waals surface area contributed by atoms with Crippen LogP contribution in [-0.4, -0.2) is 26.5 Å². The largest absolute Gasteiger partial charge is 0.312 e. The summed E-state index contributed by atoms with van der Waals surface area (Å²) < 4.78 is 36.6. The first-order chi connectivity index (χ1) is 8.52. The molecule has 108 valence electrons. The molecular formula is C14H22FNO2S. The maximum atomic E-state index is 13.7. The Morgan fingerprint density at radius 2 is 1.63 bits per heavy atom. The van der Waals surface area contributed by atoms with Crippen LogP contribution in [0.3, 0.4) is 0 Å². The lowest BCUT2D eigenvalue weighted by Gasteiger charge is -2.33. The van der Waals surface area contributed by atoms with Crippen LogP contribution in [0.25, 0.3) is 0 Å². The molecule has 0 aromatic heterocycles. The molecule has 0 aliphatic rings. The molecule has 0 saturated heterocycles. The smallest absolute Gasteiger partial charge is 0.154 e. The number of nitrogens with one attached hydrogen (secondary N) is 1. The van der Waals surface area contributed by atoms with Crippen molar-refractivity contribution in [1.82, 2.24) is 5.32 Å². The molecule has 3 nitrogen and oxygen atoms in total. The molecule has 19 heavy (non-hydrogen) atoms. The predicted octanol–water partition coefficient (Wildman–Crippen LogP) is 2.53. The minimum atomic E-state index is -3.25. The van der Waals surface area contributed by atoms with Crippen molar-refractivity contribution in [3.8, 4) is 0 Å². The van der Waals surface area contributed by atoms with Crippen LogP contribution in [0, 0.1) is 19.7 Å². The first-order valence-electron chi connectivity index (χ1n) is 6.16. The molecule has 1 aromatic carbocycles. The highest BCUT2D eigenvalue weighted by atomic mass is 32.2. The number of sulfone groups is 1. The molecule has 1 N–H and O–H groups in total. The summed E-state index contributed by atoms with van der Waals surface area (Å²) in [5, 5.41) is 3.04.